The minimum atomic E-state index is -0.229. The van der Waals surface area contributed by atoms with Crippen molar-refractivity contribution in [2.45, 2.75) is 26.4 Å². The number of rotatable bonds is 8. The van der Waals surface area contributed by atoms with Crippen LogP contribution in [0.25, 0.3) is 0 Å². The lowest BCUT2D eigenvalue weighted by Gasteiger charge is -2.15. The number of para-hydroxylation sites is 1. The highest BCUT2D eigenvalue weighted by atomic mass is 16.5. The molecule has 0 aliphatic rings. The van der Waals surface area contributed by atoms with Gasteiger partial charge in [-0.1, -0.05) is 30.9 Å². The molecule has 0 saturated heterocycles. The first-order valence-electron chi connectivity index (χ1n) is 6.51. The van der Waals surface area contributed by atoms with E-state index in [9.17, 15) is 4.79 Å². The van der Waals surface area contributed by atoms with Gasteiger partial charge in [-0.05, 0) is 19.9 Å². The Kier molecular flexibility index (Phi) is 6.68. The van der Waals surface area contributed by atoms with Crippen molar-refractivity contribution in [2.24, 2.45) is 0 Å². The first kappa shape index (κ1) is 15.2. The number of ether oxygens (including phenoxy) is 1. The van der Waals surface area contributed by atoms with Crippen molar-refractivity contribution in [3.63, 3.8) is 0 Å². The van der Waals surface area contributed by atoms with Gasteiger partial charge in [-0.3, -0.25) is 4.79 Å². The summed E-state index contributed by atoms with van der Waals surface area (Å²) in [6.07, 6.45) is 1.71. The highest BCUT2D eigenvalue weighted by molar-refractivity contribution is 5.81. The molecule has 2 N–H and O–H groups in total. The largest absolute Gasteiger partial charge is 0.489 e. The Labute approximate surface area is 114 Å². The maximum Gasteiger partial charge on any atom is 0.236 e. The Bertz CT molecular complexity index is 418. The molecule has 4 heteroatoms. The van der Waals surface area contributed by atoms with Crippen LogP contribution in [0.5, 0.6) is 5.75 Å². The van der Waals surface area contributed by atoms with Gasteiger partial charge in [0.25, 0.3) is 0 Å². The fourth-order valence-corrected chi connectivity index (χ4v) is 1.62. The van der Waals surface area contributed by atoms with Gasteiger partial charge in [-0.2, -0.15) is 0 Å². The molecular formula is C15H22N2O2. The third-order valence-corrected chi connectivity index (χ3v) is 2.67. The minimum absolute atomic E-state index is 0.00647. The molecule has 0 saturated carbocycles. The summed E-state index contributed by atoms with van der Waals surface area (Å²) in [7, 11) is 0. The fourth-order valence-electron chi connectivity index (χ4n) is 1.62. The summed E-state index contributed by atoms with van der Waals surface area (Å²) in [6, 6.07) is 7.55. The van der Waals surface area contributed by atoms with E-state index >= 15 is 0 Å². The Morgan fingerprint density at radius 3 is 2.89 bits per heavy atom. The number of carbonyl (C=O) groups is 1. The molecular weight excluding hydrogens is 240 g/mol. The second-order valence-electron chi connectivity index (χ2n) is 4.20. The average molecular weight is 262 g/mol. The van der Waals surface area contributed by atoms with Crippen molar-refractivity contribution < 1.29 is 9.53 Å². The predicted molar refractivity (Wildman–Crippen MR) is 77.1 cm³/mol. The minimum Gasteiger partial charge on any atom is -0.489 e. The number of nitrogens with one attached hydrogen (secondary N) is 2. The van der Waals surface area contributed by atoms with Gasteiger partial charge in [0.15, 0.2) is 0 Å². The van der Waals surface area contributed by atoms with Crippen LogP contribution in [0, 0.1) is 0 Å². The van der Waals surface area contributed by atoms with Crippen LogP contribution in [0.2, 0.25) is 0 Å². The molecule has 0 radical (unpaired) electrons. The topological polar surface area (TPSA) is 50.4 Å². The van der Waals surface area contributed by atoms with E-state index in [4.69, 9.17) is 4.74 Å². The standard InChI is InChI=1S/C15H22N2O2/c1-4-10-19-14-9-7-6-8-13(14)11-17-12(3)15(18)16-5-2/h4,6-9,12,17H,1,5,10-11H2,2-3H3,(H,16,18). The lowest BCUT2D eigenvalue weighted by atomic mass is 10.2. The normalized spacial score (nSPS) is 11.7. The highest BCUT2D eigenvalue weighted by Crippen LogP contribution is 2.17. The van der Waals surface area contributed by atoms with Crippen LogP contribution in [0.3, 0.4) is 0 Å². The van der Waals surface area contributed by atoms with Crippen LogP contribution in [0.1, 0.15) is 19.4 Å². The van der Waals surface area contributed by atoms with Crippen molar-refractivity contribution in [1.29, 1.82) is 0 Å². The average Bonchev–Trinajstić information content (AvgIpc) is 2.43. The zero-order chi connectivity index (χ0) is 14.1. The van der Waals surface area contributed by atoms with Crippen molar-refractivity contribution in [3.05, 3.63) is 42.5 Å². The van der Waals surface area contributed by atoms with Gasteiger partial charge in [-0.15, -0.1) is 0 Å². The van der Waals surface area contributed by atoms with E-state index < -0.39 is 0 Å². The second kappa shape index (κ2) is 8.32. The number of hydrogen-bond donors (Lipinski definition) is 2. The Hall–Kier alpha value is -1.81. The zero-order valence-corrected chi connectivity index (χ0v) is 11.6. The molecule has 1 aromatic carbocycles. The van der Waals surface area contributed by atoms with Crippen molar-refractivity contribution >= 4 is 5.91 Å². The van der Waals surface area contributed by atoms with Crippen LogP contribution in [-0.4, -0.2) is 25.1 Å². The molecule has 0 aromatic heterocycles. The summed E-state index contributed by atoms with van der Waals surface area (Å²) in [5, 5.41) is 5.97. The lowest BCUT2D eigenvalue weighted by molar-refractivity contribution is -0.122. The number of likely N-dealkylation sites (N-methyl/N-ethyl adjacent to an activating group) is 1. The molecule has 104 valence electrons. The SMILES string of the molecule is C=CCOc1ccccc1CNC(C)C(=O)NCC. The molecule has 4 nitrogen and oxygen atoms in total. The molecule has 0 spiro atoms. The maximum atomic E-state index is 11.6. The first-order valence-corrected chi connectivity index (χ1v) is 6.51. The molecule has 1 atom stereocenters. The van der Waals surface area contributed by atoms with Crippen LogP contribution in [0.4, 0.5) is 0 Å². The van der Waals surface area contributed by atoms with E-state index in [0.29, 0.717) is 19.7 Å². The van der Waals surface area contributed by atoms with Crippen LogP contribution >= 0.6 is 0 Å². The molecule has 1 amide bonds. The van der Waals surface area contributed by atoms with Gasteiger partial charge < -0.3 is 15.4 Å². The Morgan fingerprint density at radius 2 is 2.21 bits per heavy atom. The van der Waals surface area contributed by atoms with Gasteiger partial charge in [0.2, 0.25) is 5.91 Å². The molecule has 0 aliphatic heterocycles. The molecule has 1 unspecified atom stereocenters. The first-order chi connectivity index (χ1) is 9.19. The van der Waals surface area contributed by atoms with E-state index in [1.54, 1.807) is 6.08 Å². The molecule has 1 rings (SSSR count). The molecule has 0 fully saturated rings. The number of benzene rings is 1. The summed E-state index contributed by atoms with van der Waals surface area (Å²) in [4.78, 5) is 11.6. The number of carbonyl (C=O) groups excluding carboxylic acids is 1. The zero-order valence-electron chi connectivity index (χ0n) is 11.6. The van der Waals surface area contributed by atoms with Crippen molar-refractivity contribution in [3.8, 4) is 5.75 Å². The van der Waals surface area contributed by atoms with Gasteiger partial charge in [-0.25, -0.2) is 0 Å². The lowest BCUT2D eigenvalue weighted by Crippen LogP contribution is -2.41. The number of amides is 1. The maximum absolute atomic E-state index is 11.6. The van der Waals surface area contributed by atoms with Gasteiger partial charge >= 0.3 is 0 Å². The van der Waals surface area contributed by atoms with Gasteiger partial charge in [0.1, 0.15) is 12.4 Å². The molecule has 19 heavy (non-hydrogen) atoms. The summed E-state index contributed by atoms with van der Waals surface area (Å²) >= 11 is 0. The molecule has 0 bridgehead atoms. The molecule has 1 aromatic rings. The summed E-state index contributed by atoms with van der Waals surface area (Å²) < 4.78 is 5.57. The molecule has 0 aliphatic carbocycles. The highest BCUT2D eigenvalue weighted by Gasteiger charge is 2.11. The summed E-state index contributed by atoms with van der Waals surface area (Å²) in [6.45, 7) is 9.09. The fraction of sp³-hybridized carbons (Fsp3) is 0.400. The summed E-state index contributed by atoms with van der Waals surface area (Å²) in [5.74, 6) is 0.824. The van der Waals surface area contributed by atoms with Gasteiger partial charge in [0.05, 0.1) is 6.04 Å². The van der Waals surface area contributed by atoms with Crippen molar-refractivity contribution in [2.75, 3.05) is 13.2 Å². The summed E-state index contributed by atoms with van der Waals surface area (Å²) in [5.41, 5.74) is 1.03. The van der Waals surface area contributed by atoms with E-state index in [1.807, 2.05) is 38.1 Å². The number of hydrogen-bond acceptors (Lipinski definition) is 3. The third-order valence-electron chi connectivity index (χ3n) is 2.67. The molecule has 0 heterocycles. The third kappa shape index (κ3) is 5.14. The van der Waals surface area contributed by atoms with E-state index in [2.05, 4.69) is 17.2 Å². The van der Waals surface area contributed by atoms with Crippen LogP contribution < -0.4 is 15.4 Å². The quantitative estimate of drug-likeness (QED) is 0.703. The van der Waals surface area contributed by atoms with E-state index in [-0.39, 0.29) is 11.9 Å². The van der Waals surface area contributed by atoms with Crippen LogP contribution in [0.15, 0.2) is 36.9 Å². The second-order valence-corrected chi connectivity index (χ2v) is 4.20. The van der Waals surface area contributed by atoms with Crippen molar-refractivity contribution in [1.82, 2.24) is 10.6 Å². The Morgan fingerprint density at radius 1 is 1.47 bits per heavy atom. The smallest absolute Gasteiger partial charge is 0.236 e. The Balaban J connectivity index is 2.56. The van der Waals surface area contributed by atoms with Crippen LogP contribution in [-0.2, 0) is 11.3 Å². The van der Waals surface area contributed by atoms with E-state index in [1.165, 1.54) is 0 Å². The monoisotopic (exact) mass is 262 g/mol. The van der Waals surface area contributed by atoms with E-state index in [0.717, 1.165) is 11.3 Å². The predicted octanol–water partition coefficient (Wildman–Crippen LogP) is 1.87. The van der Waals surface area contributed by atoms with Gasteiger partial charge in [0, 0.05) is 18.7 Å².